The number of aldehydes is 1. The maximum Gasteiger partial charge on any atom is 0.417 e. The van der Waals surface area contributed by atoms with Gasteiger partial charge < -0.3 is 0 Å². The molecule has 2 rings (SSSR count). The van der Waals surface area contributed by atoms with Gasteiger partial charge in [-0.25, -0.2) is 0 Å². The largest absolute Gasteiger partial charge is 0.417 e. The molecule has 23 heavy (non-hydrogen) atoms. The van der Waals surface area contributed by atoms with Gasteiger partial charge in [-0.2, -0.15) is 13.2 Å². The first-order chi connectivity index (χ1) is 10.7. The first-order valence-electron chi connectivity index (χ1n) is 6.67. The monoisotopic (exact) mass is 432 g/mol. The Balaban J connectivity index is 2.31. The molecule has 0 aliphatic carbocycles. The molecule has 2 aromatic rings. The predicted octanol–water partition coefficient (Wildman–Crippen LogP) is 4.86. The van der Waals surface area contributed by atoms with Crippen LogP contribution in [0.5, 0.6) is 0 Å². The van der Waals surface area contributed by atoms with Crippen molar-refractivity contribution in [1.82, 2.24) is 0 Å². The van der Waals surface area contributed by atoms with Crippen LogP contribution in [0.4, 0.5) is 13.2 Å². The maximum atomic E-state index is 12.9. The van der Waals surface area contributed by atoms with E-state index < -0.39 is 17.3 Å². The highest BCUT2D eigenvalue weighted by Gasteiger charge is 2.33. The molecule has 0 unspecified atom stereocenters. The van der Waals surface area contributed by atoms with Gasteiger partial charge in [0, 0.05) is 21.1 Å². The zero-order valence-electron chi connectivity index (χ0n) is 12.1. The second kappa shape index (κ2) is 6.82. The van der Waals surface area contributed by atoms with Gasteiger partial charge in [0.1, 0.15) is 0 Å². The van der Waals surface area contributed by atoms with E-state index in [-0.39, 0.29) is 24.1 Å². The quantitative estimate of drug-likeness (QED) is 0.393. The van der Waals surface area contributed by atoms with E-state index in [1.54, 1.807) is 18.2 Å². The molecule has 0 aliphatic rings. The summed E-state index contributed by atoms with van der Waals surface area (Å²) in [5, 5.41) is 0. The summed E-state index contributed by atoms with van der Waals surface area (Å²) < 4.78 is 39.7. The third-order valence-electron chi connectivity index (χ3n) is 3.41. The molecule has 0 spiro atoms. The number of hydrogen-bond donors (Lipinski definition) is 0. The summed E-state index contributed by atoms with van der Waals surface area (Å²) in [5.74, 6) is -0.269. The molecule has 0 fully saturated rings. The predicted molar refractivity (Wildman–Crippen MR) is 88.8 cm³/mol. The zero-order chi connectivity index (χ0) is 17.2. The minimum Gasteiger partial charge on any atom is -0.298 e. The summed E-state index contributed by atoms with van der Waals surface area (Å²) in [4.78, 5) is 23.0. The minimum atomic E-state index is -4.63. The molecule has 0 atom stereocenters. The third kappa shape index (κ3) is 4.19. The molecule has 6 heteroatoms. The Hall–Kier alpha value is -1.70. The van der Waals surface area contributed by atoms with Crippen LogP contribution in [-0.4, -0.2) is 12.1 Å². The van der Waals surface area contributed by atoms with E-state index in [4.69, 9.17) is 0 Å². The number of carbonyl (C=O) groups is 2. The molecular weight excluding hydrogens is 420 g/mol. The maximum absolute atomic E-state index is 12.9. The van der Waals surface area contributed by atoms with Crippen LogP contribution in [0.15, 0.2) is 36.4 Å². The average Bonchev–Trinajstić information content (AvgIpc) is 2.49. The number of rotatable bonds is 4. The van der Waals surface area contributed by atoms with Gasteiger partial charge in [0.25, 0.3) is 0 Å². The van der Waals surface area contributed by atoms with Crippen molar-refractivity contribution in [2.24, 2.45) is 0 Å². The molecule has 0 bridgehead atoms. The van der Waals surface area contributed by atoms with E-state index in [1.807, 2.05) is 6.92 Å². The van der Waals surface area contributed by atoms with E-state index >= 15 is 0 Å². The lowest BCUT2D eigenvalue weighted by Crippen LogP contribution is -2.11. The summed E-state index contributed by atoms with van der Waals surface area (Å²) in [6, 6.07) is 8.49. The second-order valence-electron chi connectivity index (χ2n) is 5.10. The average molecular weight is 432 g/mol. The number of Topliss-reactive ketones (excluding diaryl/α,β-unsaturated/α-hetero) is 1. The van der Waals surface area contributed by atoms with Crippen LogP contribution in [0.25, 0.3) is 0 Å². The Bertz CT molecular complexity index is 767. The topological polar surface area (TPSA) is 34.1 Å². The number of aryl methyl sites for hydroxylation is 1. The normalized spacial score (nSPS) is 11.3. The Morgan fingerprint density at radius 3 is 2.43 bits per heavy atom. The highest BCUT2D eigenvalue weighted by Crippen LogP contribution is 2.32. The van der Waals surface area contributed by atoms with Gasteiger partial charge in [-0.05, 0) is 52.8 Å². The van der Waals surface area contributed by atoms with Gasteiger partial charge in [0.2, 0.25) is 0 Å². The Labute approximate surface area is 144 Å². The number of ketones is 1. The fraction of sp³-hybridized carbons (Fsp3) is 0.176. The van der Waals surface area contributed by atoms with Crippen molar-refractivity contribution in [3.63, 3.8) is 0 Å². The van der Waals surface area contributed by atoms with Gasteiger partial charge in [0.15, 0.2) is 12.1 Å². The lowest BCUT2D eigenvalue weighted by atomic mass is 9.98. The van der Waals surface area contributed by atoms with Crippen molar-refractivity contribution >= 4 is 34.7 Å². The molecule has 0 aromatic heterocycles. The highest BCUT2D eigenvalue weighted by atomic mass is 127. The summed E-state index contributed by atoms with van der Waals surface area (Å²) >= 11 is 2.10. The fourth-order valence-corrected chi connectivity index (χ4v) is 2.63. The van der Waals surface area contributed by atoms with Gasteiger partial charge in [-0.1, -0.05) is 24.3 Å². The standard InChI is InChI=1S/C17H12F3IO2/c1-10-2-4-12(8-15(10)21)16(23)7-11-3-5-13(9-22)14(6-11)17(18,19)20/h2-6,8-9H,7H2,1H3. The van der Waals surface area contributed by atoms with Crippen molar-refractivity contribution in [3.8, 4) is 0 Å². The zero-order valence-corrected chi connectivity index (χ0v) is 14.2. The van der Waals surface area contributed by atoms with Crippen LogP contribution < -0.4 is 0 Å². The first-order valence-corrected chi connectivity index (χ1v) is 7.75. The van der Waals surface area contributed by atoms with Crippen LogP contribution in [0.1, 0.15) is 37.4 Å². The molecule has 0 heterocycles. The molecule has 120 valence electrons. The van der Waals surface area contributed by atoms with Crippen molar-refractivity contribution in [2.75, 3.05) is 0 Å². The molecule has 0 saturated heterocycles. The molecule has 0 amide bonds. The smallest absolute Gasteiger partial charge is 0.298 e. The van der Waals surface area contributed by atoms with E-state index in [0.29, 0.717) is 5.56 Å². The van der Waals surface area contributed by atoms with E-state index in [9.17, 15) is 22.8 Å². The van der Waals surface area contributed by atoms with E-state index in [0.717, 1.165) is 21.3 Å². The van der Waals surface area contributed by atoms with Crippen LogP contribution in [-0.2, 0) is 12.6 Å². The van der Waals surface area contributed by atoms with Gasteiger partial charge in [0.05, 0.1) is 5.56 Å². The number of benzene rings is 2. The van der Waals surface area contributed by atoms with Crippen molar-refractivity contribution in [2.45, 2.75) is 19.5 Å². The SMILES string of the molecule is Cc1ccc(C(=O)Cc2ccc(C=O)c(C(F)(F)F)c2)cc1I. The summed E-state index contributed by atoms with van der Waals surface area (Å²) in [7, 11) is 0. The number of halogens is 4. The first kappa shape index (κ1) is 17.7. The Kier molecular flexibility index (Phi) is 5.23. The van der Waals surface area contributed by atoms with Crippen LogP contribution in [0.3, 0.4) is 0 Å². The minimum absolute atomic E-state index is 0.151. The molecule has 2 aromatic carbocycles. The Morgan fingerprint density at radius 1 is 1.17 bits per heavy atom. The van der Waals surface area contributed by atoms with Crippen LogP contribution in [0.2, 0.25) is 0 Å². The Morgan fingerprint density at radius 2 is 1.87 bits per heavy atom. The molecule has 2 nitrogen and oxygen atoms in total. The van der Waals surface area contributed by atoms with Gasteiger partial charge in [-0.3, -0.25) is 9.59 Å². The van der Waals surface area contributed by atoms with Crippen molar-refractivity contribution < 1.29 is 22.8 Å². The van der Waals surface area contributed by atoms with Crippen LogP contribution >= 0.6 is 22.6 Å². The van der Waals surface area contributed by atoms with Crippen LogP contribution in [0, 0.1) is 10.5 Å². The van der Waals surface area contributed by atoms with Crippen molar-refractivity contribution in [3.05, 3.63) is 67.8 Å². The van der Waals surface area contributed by atoms with Gasteiger partial charge in [-0.15, -0.1) is 0 Å². The van der Waals surface area contributed by atoms with E-state index in [1.165, 1.54) is 6.07 Å². The second-order valence-corrected chi connectivity index (χ2v) is 6.26. The summed E-state index contributed by atoms with van der Waals surface area (Å²) in [6.07, 6.45) is -4.62. The molecule has 0 saturated carbocycles. The van der Waals surface area contributed by atoms with E-state index in [2.05, 4.69) is 22.6 Å². The fourth-order valence-electron chi connectivity index (χ4n) is 2.12. The number of carbonyl (C=O) groups excluding carboxylic acids is 2. The van der Waals surface area contributed by atoms with Gasteiger partial charge >= 0.3 is 6.18 Å². The highest BCUT2D eigenvalue weighted by molar-refractivity contribution is 14.1. The molecule has 0 N–H and O–H groups in total. The number of hydrogen-bond acceptors (Lipinski definition) is 2. The lowest BCUT2D eigenvalue weighted by molar-refractivity contribution is -0.137. The third-order valence-corrected chi connectivity index (χ3v) is 4.57. The molecular formula is C17H12F3IO2. The summed E-state index contributed by atoms with van der Waals surface area (Å²) in [6.45, 7) is 1.91. The number of alkyl halides is 3. The summed E-state index contributed by atoms with van der Waals surface area (Å²) in [5.41, 5.74) is 0.253. The van der Waals surface area contributed by atoms with Crippen molar-refractivity contribution in [1.29, 1.82) is 0 Å². The molecule has 0 radical (unpaired) electrons. The molecule has 0 aliphatic heterocycles. The lowest BCUT2D eigenvalue weighted by Gasteiger charge is -2.11.